The number of hydrogen-bond donors (Lipinski definition) is 1. The lowest BCUT2D eigenvalue weighted by molar-refractivity contribution is -0.135. The molecule has 0 aliphatic carbocycles. The summed E-state index contributed by atoms with van der Waals surface area (Å²) in [6.07, 6.45) is 0.986. The van der Waals surface area contributed by atoms with Crippen LogP contribution in [0, 0.1) is 0 Å². The molecule has 0 spiro atoms. The van der Waals surface area contributed by atoms with Crippen LogP contribution < -0.4 is 10.5 Å². The van der Waals surface area contributed by atoms with Gasteiger partial charge in [0.15, 0.2) is 11.4 Å². The van der Waals surface area contributed by atoms with Crippen molar-refractivity contribution in [3.63, 3.8) is 0 Å². The quantitative estimate of drug-likeness (QED) is 0.421. The van der Waals surface area contributed by atoms with Crippen LogP contribution in [0.2, 0.25) is 0 Å². The highest BCUT2D eigenvalue weighted by atomic mass is 16.4. The highest BCUT2D eigenvalue weighted by Gasteiger charge is 2.50. The molecule has 1 aliphatic rings. The number of carbonyl (C=O) groups is 2. The lowest BCUT2D eigenvalue weighted by Gasteiger charge is -2.22. The second-order valence-electron chi connectivity index (χ2n) is 6.67. The lowest BCUT2D eigenvalue weighted by Crippen LogP contribution is -2.42. The van der Waals surface area contributed by atoms with Crippen molar-refractivity contribution >= 4 is 28.3 Å². The molecule has 1 aromatic heterocycles. The summed E-state index contributed by atoms with van der Waals surface area (Å²) in [5.41, 5.74) is -1.82. The molecule has 0 saturated heterocycles. The first-order valence-corrected chi connectivity index (χ1v) is 8.76. The van der Waals surface area contributed by atoms with Crippen LogP contribution in [0.25, 0.3) is 11.0 Å². The van der Waals surface area contributed by atoms with Crippen LogP contribution in [-0.2, 0) is 10.4 Å². The molecule has 1 amide bonds. The Kier molecular flexibility index (Phi) is 4.20. The number of nitrogens with zero attached hydrogens (tertiary/aromatic N) is 1. The summed E-state index contributed by atoms with van der Waals surface area (Å²) in [6, 6.07) is 15.0. The molecule has 6 heteroatoms. The van der Waals surface area contributed by atoms with E-state index in [-0.39, 0.29) is 12.1 Å². The number of rotatable bonds is 5. The van der Waals surface area contributed by atoms with Gasteiger partial charge in [-0.1, -0.05) is 42.5 Å². The van der Waals surface area contributed by atoms with Crippen LogP contribution in [0.15, 0.2) is 76.5 Å². The third kappa shape index (κ3) is 2.66. The number of anilines is 1. The van der Waals surface area contributed by atoms with Gasteiger partial charge in [0.25, 0.3) is 5.91 Å². The molecule has 2 aromatic carbocycles. The number of Topliss-reactive ketones (excluding diaryl/α,β-unsaturated/α-hetero) is 1. The standard InChI is InChI=1S/C22H17NO5/c1-2-11-23-17-9-5-4-8-16(17)22(27,21(23)26)13-18(24)15-12-14-7-3-6-10-19(14)28-20(15)25/h2-10,12,27H,1,11,13H2. The zero-order valence-corrected chi connectivity index (χ0v) is 14.9. The van der Waals surface area contributed by atoms with Crippen molar-refractivity contribution in [2.75, 3.05) is 11.4 Å². The van der Waals surface area contributed by atoms with Crippen LogP contribution in [0.3, 0.4) is 0 Å². The molecule has 28 heavy (non-hydrogen) atoms. The number of fused-ring (bicyclic) bond motifs is 2. The van der Waals surface area contributed by atoms with Crippen molar-refractivity contribution in [2.45, 2.75) is 12.0 Å². The molecule has 0 radical (unpaired) electrons. The van der Waals surface area contributed by atoms with Crippen LogP contribution in [0.1, 0.15) is 22.3 Å². The van der Waals surface area contributed by atoms with Gasteiger partial charge in [-0.2, -0.15) is 0 Å². The Morgan fingerprint density at radius 1 is 1.14 bits per heavy atom. The van der Waals surface area contributed by atoms with E-state index in [1.165, 1.54) is 11.0 Å². The third-order valence-electron chi connectivity index (χ3n) is 4.91. The van der Waals surface area contributed by atoms with E-state index in [1.807, 2.05) is 0 Å². The number of benzene rings is 2. The van der Waals surface area contributed by atoms with E-state index in [9.17, 15) is 19.5 Å². The van der Waals surface area contributed by atoms with Crippen molar-refractivity contribution in [1.82, 2.24) is 0 Å². The van der Waals surface area contributed by atoms with Crippen molar-refractivity contribution in [3.05, 3.63) is 88.8 Å². The largest absolute Gasteiger partial charge is 0.422 e. The minimum absolute atomic E-state index is 0.195. The van der Waals surface area contributed by atoms with E-state index in [0.717, 1.165) is 0 Å². The number of hydrogen-bond acceptors (Lipinski definition) is 5. The maximum absolute atomic E-state index is 12.9. The van der Waals surface area contributed by atoms with Gasteiger partial charge in [0, 0.05) is 17.5 Å². The van der Waals surface area contributed by atoms with Crippen LogP contribution >= 0.6 is 0 Å². The Morgan fingerprint density at radius 3 is 2.64 bits per heavy atom. The van der Waals surface area contributed by atoms with Crippen LogP contribution in [-0.4, -0.2) is 23.3 Å². The Morgan fingerprint density at radius 2 is 1.86 bits per heavy atom. The highest BCUT2D eigenvalue weighted by molar-refractivity contribution is 6.11. The molecular formula is C22H17NO5. The van der Waals surface area contributed by atoms with Crippen molar-refractivity contribution in [1.29, 1.82) is 0 Å². The number of aliphatic hydroxyl groups is 1. The average Bonchev–Trinajstić information content (AvgIpc) is 2.90. The molecule has 1 N–H and O–H groups in total. The summed E-state index contributed by atoms with van der Waals surface area (Å²) in [5, 5.41) is 11.8. The fourth-order valence-electron chi connectivity index (χ4n) is 3.57. The van der Waals surface area contributed by atoms with Gasteiger partial charge in [-0.15, -0.1) is 6.58 Å². The Bertz CT molecular complexity index is 1180. The van der Waals surface area contributed by atoms with Gasteiger partial charge in [-0.25, -0.2) is 4.79 Å². The first-order chi connectivity index (χ1) is 13.5. The van der Waals surface area contributed by atoms with Crippen LogP contribution in [0.4, 0.5) is 5.69 Å². The maximum atomic E-state index is 12.9. The van der Waals surface area contributed by atoms with Gasteiger partial charge in [0.1, 0.15) is 11.1 Å². The second-order valence-corrected chi connectivity index (χ2v) is 6.67. The minimum atomic E-state index is -2.05. The minimum Gasteiger partial charge on any atom is -0.422 e. The molecular weight excluding hydrogens is 358 g/mol. The summed E-state index contributed by atoms with van der Waals surface area (Å²) < 4.78 is 5.20. The Labute approximate surface area is 160 Å². The normalized spacial score (nSPS) is 18.3. The Hall–Kier alpha value is -3.51. The molecule has 1 aliphatic heterocycles. The SMILES string of the molecule is C=CCN1C(=O)C(O)(CC(=O)c2cc3ccccc3oc2=O)c2ccccc21. The third-order valence-corrected chi connectivity index (χ3v) is 4.91. The van der Waals surface area contributed by atoms with Gasteiger partial charge >= 0.3 is 5.63 Å². The molecule has 0 fully saturated rings. The van der Waals surface area contributed by atoms with Gasteiger partial charge in [-0.05, 0) is 18.2 Å². The van der Waals surface area contributed by atoms with E-state index >= 15 is 0 Å². The number of carbonyl (C=O) groups excluding carboxylic acids is 2. The summed E-state index contributed by atoms with van der Waals surface area (Å²) in [6.45, 7) is 3.83. The predicted molar refractivity (Wildman–Crippen MR) is 104 cm³/mol. The molecule has 0 bridgehead atoms. The van der Waals surface area contributed by atoms with Gasteiger partial charge in [0.2, 0.25) is 0 Å². The fourth-order valence-corrected chi connectivity index (χ4v) is 3.57. The number of para-hydroxylation sites is 2. The van der Waals surface area contributed by atoms with Crippen molar-refractivity contribution in [3.8, 4) is 0 Å². The van der Waals surface area contributed by atoms with E-state index in [2.05, 4.69) is 6.58 Å². The zero-order chi connectivity index (χ0) is 19.9. The number of ketones is 1. The maximum Gasteiger partial charge on any atom is 0.347 e. The Balaban J connectivity index is 1.75. The number of amides is 1. The molecule has 1 atom stereocenters. The predicted octanol–water partition coefficient (Wildman–Crippen LogP) is 2.79. The zero-order valence-electron chi connectivity index (χ0n) is 14.9. The molecule has 4 rings (SSSR count). The molecule has 140 valence electrons. The summed E-state index contributed by atoms with van der Waals surface area (Å²) >= 11 is 0. The van der Waals surface area contributed by atoms with Gasteiger partial charge in [0.05, 0.1) is 12.1 Å². The van der Waals surface area contributed by atoms with E-state index in [0.29, 0.717) is 22.2 Å². The molecule has 2 heterocycles. The van der Waals surface area contributed by atoms with Crippen molar-refractivity contribution in [2.24, 2.45) is 0 Å². The lowest BCUT2D eigenvalue weighted by atomic mass is 9.88. The first-order valence-electron chi connectivity index (χ1n) is 8.76. The van der Waals surface area contributed by atoms with E-state index in [4.69, 9.17) is 4.42 Å². The second kappa shape index (κ2) is 6.58. The smallest absolute Gasteiger partial charge is 0.347 e. The molecule has 1 unspecified atom stereocenters. The summed E-state index contributed by atoms with van der Waals surface area (Å²) in [7, 11) is 0. The summed E-state index contributed by atoms with van der Waals surface area (Å²) in [5.74, 6) is -1.28. The molecule has 6 nitrogen and oxygen atoms in total. The summed E-state index contributed by atoms with van der Waals surface area (Å²) in [4.78, 5) is 39.4. The van der Waals surface area contributed by atoms with Gasteiger partial charge in [-0.3, -0.25) is 9.59 Å². The average molecular weight is 375 g/mol. The first kappa shape index (κ1) is 17.9. The van der Waals surface area contributed by atoms with Crippen molar-refractivity contribution < 1.29 is 19.1 Å². The van der Waals surface area contributed by atoms with Crippen LogP contribution in [0.5, 0.6) is 0 Å². The topological polar surface area (TPSA) is 87.8 Å². The van der Waals surface area contributed by atoms with Gasteiger partial charge < -0.3 is 14.4 Å². The van der Waals surface area contributed by atoms with E-state index < -0.39 is 29.3 Å². The molecule has 3 aromatic rings. The highest BCUT2D eigenvalue weighted by Crippen LogP contribution is 2.42. The fraction of sp³-hybridized carbons (Fsp3) is 0.136. The molecule has 0 saturated carbocycles. The van der Waals surface area contributed by atoms with E-state index in [1.54, 1.807) is 54.6 Å². The monoisotopic (exact) mass is 375 g/mol.